The topological polar surface area (TPSA) is 25.2 Å². The van der Waals surface area contributed by atoms with Crippen molar-refractivity contribution in [2.75, 3.05) is 0 Å². The van der Waals surface area contributed by atoms with Crippen LogP contribution in [0.3, 0.4) is 0 Å². The second-order valence-corrected chi connectivity index (χ2v) is 7.38. The summed E-state index contributed by atoms with van der Waals surface area (Å²) in [6, 6.07) is 7.42. The van der Waals surface area contributed by atoms with Gasteiger partial charge >= 0.3 is 0 Å². The Kier molecular flexibility index (Phi) is 4.81. The first-order chi connectivity index (χ1) is 10.2. The van der Waals surface area contributed by atoms with Gasteiger partial charge in [-0.2, -0.15) is 0 Å². The van der Waals surface area contributed by atoms with E-state index < -0.39 is 0 Å². The number of nitrogens with one attached hydrogen (secondary N) is 1. The molecule has 0 aliphatic heterocycles. The van der Waals surface area contributed by atoms with Crippen molar-refractivity contribution in [1.82, 2.24) is 5.32 Å². The van der Waals surface area contributed by atoms with Gasteiger partial charge in [0.15, 0.2) is 0 Å². The Hall–Kier alpha value is -1.06. The van der Waals surface area contributed by atoms with Crippen LogP contribution in [0.2, 0.25) is 0 Å². The molecule has 3 rings (SSSR count). The van der Waals surface area contributed by atoms with Gasteiger partial charge in [-0.05, 0) is 69.7 Å². The van der Waals surface area contributed by atoms with Crippen LogP contribution >= 0.6 is 11.3 Å². The molecule has 21 heavy (non-hydrogen) atoms. The highest BCUT2D eigenvalue weighted by Crippen LogP contribution is 2.33. The van der Waals surface area contributed by atoms with Crippen molar-refractivity contribution in [2.45, 2.75) is 64.5 Å². The van der Waals surface area contributed by atoms with E-state index in [-0.39, 0.29) is 0 Å². The Morgan fingerprint density at radius 3 is 2.90 bits per heavy atom. The number of fused-ring (bicyclic) bond motifs is 1. The fraction of sp³-hybridized carbons (Fsp3) is 0.556. The van der Waals surface area contributed by atoms with Gasteiger partial charge in [-0.25, -0.2) is 0 Å². The lowest BCUT2D eigenvalue weighted by Gasteiger charge is -2.18. The Labute approximate surface area is 131 Å². The van der Waals surface area contributed by atoms with E-state index >= 15 is 0 Å². The summed E-state index contributed by atoms with van der Waals surface area (Å²) in [5.41, 5.74) is 1.61. The van der Waals surface area contributed by atoms with Gasteiger partial charge in [-0.1, -0.05) is 0 Å². The molecule has 2 aromatic heterocycles. The number of aryl methyl sites for hydroxylation is 3. The molecule has 114 valence electrons. The zero-order valence-corrected chi connectivity index (χ0v) is 13.8. The van der Waals surface area contributed by atoms with Crippen molar-refractivity contribution >= 4 is 11.3 Å². The SMILES string of the molecule is CC(CCc1ccco1)NC(C)c1cc2c(s1)CCCC2. The predicted molar refractivity (Wildman–Crippen MR) is 89.0 cm³/mol. The molecule has 1 aliphatic carbocycles. The molecule has 0 fully saturated rings. The summed E-state index contributed by atoms with van der Waals surface area (Å²) in [6.07, 6.45) is 9.19. The van der Waals surface area contributed by atoms with Crippen molar-refractivity contribution < 1.29 is 4.42 Å². The van der Waals surface area contributed by atoms with Crippen LogP contribution in [-0.2, 0) is 19.3 Å². The Bertz CT molecular complexity index is 534. The Morgan fingerprint density at radius 2 is 2.14 bits per heavy atom. The third-order valence-electron chi connectivity index (χ3n) is 4.38. The van der Waals surface area contributed by atoms with Crippen LogP contribution < -0.4 is 5.32 Å². The molecule has 2 nitrogen and oxygen atoms in total. The molecule has 1 aliphatic rings. The summed E-state index contributed by atoms with van der Waals surface area (Å²) in [5, 5.41) is 3.74. The number of thiophene rings is 1. The predicted octanol–water partition coefficient (Wildman–Crippen LogP) is 4.89. The second kappa shape index (κ2) is 6.80. The average Bonchev–Trinajstić information content (AvgIpc) is 3.14. The summed E-state index contributed by atoms with van der Waals surface area (Å²) < 4.78 is 5.40. The average molecular weight is 303 g/mol. The van der Waals surface area contributed by atoms with E-state index in [1.54, 1.807) is 16.7 Å². The minimum absolute atomic E-state index is 0.451. The zero-order chi connectivity index (χ0) is 14.7. The maximum Gasteiger partial charge on any atom is 0.103 e. The fourth-order valence-electron chi connectivity index (χ4n) is 3.13. The van der Waals surface area contributed by atoms with Crippen molar-refractivity contribution in [3.05, 3.63) is 45.5 Å². The number of furan rings is 1. The van der Waals surface area contributed by atoms with Crippen LogP contribution in [0.5, 0.6) is 0 Å². The van der Waals surface area contributed by atoms with Crippen molar-refractivity contribution in [1.29, 1.82) is 0 Å². The van der Waals surface area contributed by atoms with E-state index in [1.165, 1.54) is 30.6 Å². The fourth-order valence-corrected chi connectivity index (χ4v) is 4.40. The van der Waals surface area contributed by atoms with Crippen molar-refractivity contribution in [3.63, 3.8) is 0 Å². The van der Waals surface area contributed by atoms with Gasteiger partial charge < -0.3 is 9.73 Å². The third-order valence-corrected chi connectivity index (χ3v) is 5.80. The van der Waals surface area contributed by atoms with Gasteiger partial charge in [0.25, 0.3) is 0 Å². The highest BCUT2D eigenvalue weighted by molar-refractivity contribution is 7.12. The van der Waals surface area contributed by atoms with E-state index in [1.807, 2.05) is 17.4 Å². The van der Waals surface area contributed by atoms with Crippen LogP contribution in [0.25, 0.3) is 0 Å². The standard InChI is InChI=1S/C18H25NOS/c1-13(9-10-16-7-5-11-20-16)19-14(2)18-12-15-6-3-4-8-17(15)21-18/h5,7,11-14,19H,3-4,6,8-10H2,1-2H3. The molecule has 2 unspecified atom stereocenters. The van der Waals surface area contributed by atoms with Gasteiger partial charge in [0.05, 0.1) is 6.26 Å². The normalized spacial score (nSPS) is 17.4. The maximum atomic E-state index is 5.40. The molecule has 0 radical (unpaired) electrons. The van der Waals surface area contributed by atoms with Gasteiger partial charge in [0, 0.05) is 28.3 Å². The first-order valence-electron chi connectivity index (χ1n) is 8.12. The largest absolute Gasteiger partial charge is 0.469 e. The third kappa shape index (κ3) is 3.78. The molecule has 1 N–H and O–H groups in total. The first kappa shape index (κ1) is 14.9. The van der Waals surface area contributed by atoms with Crippen LogP contribution in [0.4, 0.5) is 0 Å². The van der Waals surface area contributed by atoms with E-state index in [0.29, 0.717) is 12.1 Å². The lowest BCUT2D eigenvalue weighted by molar-refractivity contribution is 0.433. The summed E-state index contributed by atoms with van der Waals surface area (Å²) in [7, 11) is 0. The second-order valence-electron chi connectivity index (χ2n) is 6.21. The van der Waals surface area contributed by atoms with Crippen LogP contribution in [-0.4, -0.2) is 6.04 Å². The van der Waals surface area contributed by atoms with E-state index in [0.717, 1.165) is 18.6 Å². The Balaban J connectivity index is 1.53. The molecule has 2 aromatic rings. The van der Waals surface area contributed by atoms with Crippen LogP contribution in [0, 0.1) is 0 Å². The quantitative estimate of drug-likeness (QED) is 0.821. The zero-order valence-electron chi connectivity index (χ0n) is 13.0. The lowest BCUT2D eigenvalue weighted by Crippen LogP contribution is -2.28. The first-order valence-corrected chi connectivity index (χ1v) is 8.94. The maximum absolute atomic E-state index is 5.40. The smallest absolute Gasteiger partial charge is 0.103 e. The number of rotatable bonds is 6. The molecule has 0 aromatic carbocycles. The summed E-state index contributed by atoms with van der Waals surface area (Å²) in [4.78, 5) is 3.14. The molecule has 0 spiro atoms. The highest BCUT2D eigenvalue weighted by Gasteiger charge is 2.17. The summed E-state index contributed by atoms with van der Waals surface area (Å²) in [6.45, 7) is 4.56. The molecule has 3 heteroatoms. The molecule has 0 amide bonds. The van der Waals surface area contributed by atoms with Gasteiger partial charge in [-0.15, -0.1) is 11.3 Å². The summed E-state index contributed by atoms with van der Waals surface area (Å²) >= 11 is 2.02. The minimum Gasteiger partial charge on any atom is -0.469 e. The van der Waals surface area contributed by atoms with E-state index in [9.17, 15) is 0 Å². The van der Waals surface area contributed by atoms with E-state index in [4.69, 9.17) is 4.42 Å². The van der Waals surface area contributed by atoms with Crippen molar-refractivity contribution in [3.8, 4) is 0 Å². The molecule has 2 heterocycles. The van der Waals surface area contributed by atoms with Crippen LogP contribution in [0.1, 0.15) is 60.2 Å². The summed E-state index contributed by atoms with van der Waals surface area (Å²) in [5.74, 6) is 1.09. The monoisotopic (exact) mass is 303 g/mol. The Morgan fingerprint density at radius 1 is 1.29 bits per heavy atom. The minimum atomic E-state index is 0.451. The molecule has 0 bridgehead atoms. The molecular weight excluding hydrogens is 278 g/mol. The molecule has 0 saturated carbocycles. The molecular formula is C18H25NOS. The molecule has 2 atom stereocenters. The van der Waals surface area contributed by atoms with Crippen molar-refractivity contribution in [2.24, 2.45) is 0 Å². The van der Waals surface area contributed by atoms with Gasteiger partial charge in [0.1, 0.15) is 5.76 Å². The van der Waals surface area contributed by atoms with Gasteiger partial charge in [-0.3, -0.25) is 0 Å². The van der Waals surface area contributed by atoms with Crippen LogP contribution in [0.15, 0.2) is 28.9 Å². The number of hydrogen-bond donors (Lipinski definition) is 1. The number of hydrogen-bond acceptors (Lipinski definition) is 3. The van der Waals surface area contributed by atoms with Gasteiger partial charge in [0.2, 0.25) is 0 Å². The van der Waals surface area contributed by atoms with E-state index in [2.05, 4.69) is 31.3 Å². The highest BCUT2D eigenvalue weighted by atomic mass is 32.1. The molecule has 0 saturated heterocycles. The lowest BCUT2D eigenvalue weighted by atomic mass is 9.99.